The summed E-state index contributed by atoms with van der Waals surface area (Å²) in [5.74, 6) is 0. The lowest BCUT2D eigenvalue weighted by molar-refractivity contribution is 0.332. The van der Waals surface area contributed by atoms with Gasteiger partial charge in [-0.05, 0) is 129 Å². The third-order valence-electron chi connectivity index (χ3n) is 10.7. The van der Waals surface area contributed by atoms with Crippen molar-refractivity contribution in [2.75, 3.05) is 9.80 Å². The summed E-state index contributed by atoms with van der Waals surface area (Å²) >= 11 is 0. The molecule has 0 unspecified atom stereocenters. The van der Waals surface area contributed by atoms with Crippen LogP contribution in [0.5, 0.6) is 0 Å². The molecule has 8 rings (SSSR count). The standard InChI is InChI=1S/C48H44N2/c1-47(2)31-32-48(3,4)46-34-44(29-30-45(46)47)50(40-17-9-6-10-18-40)42-26-21-37(22-27-42)36-19-24-41(25-20-36)49(39-15-7-5-8-16-39)43-28-23-35-13-11-12-14-38(35)33-43/h5-30,33-34H,31-32H2,1-4H3. The molecule has 0 heterocycles. The summed E-state index contributed by atoms with van der Waals surface area (Å²) in [7, 11) is 0. The predicted molar refractivity (Wildman–Crippen MR) is 214 cm³/mol. The maximum atomic E-state index is 2.45. The number of para-hydroxylation sites is 2. The molecule has 0 saturated heterocycles. The van der Waals surface area contributed by atoms with Gasteiger partial charge in [0.25, 0.3) is 0 Å². The maximum absolute atomic E-state index is 2.45. The van der Waals surface area contributed by atoms with Crippen molar-refractivity contribution in [1.82, 2.24) is 0 Å². The van der Waals surface area contributed by atoms with Gasteiger partial charge in [0.2, 0.25) is 0 Å². The minimum atomic E-state index is 0.142. The van der Waals surface area contributed by atoms with E-state index < -0.39 is 0 Å². The maximum Gasteiger partial charge on any atom is 0.0468 e. The Morgan fingerprint density at radius 1 is 0.340 bits per heavy atom. The normalized spacial score (nSPS) is 14.6. The van der Waals surface area contributed by atoms with Gasteiger partial charge in [0.15, 0.2) is 0 Å². The highest BCUT2D eigenvalue weighted by molar-refractivity contribution is 5.89. The van der Waals surface area contributed by atoms with Crippen LogP contribution in [0.1, 0.15) is 51.7 Å². The molecule has 2 nitrogen and oxygen atoms in total. The molecule has 0 aromatic heterocycles. The molecular formula is C48H44N2. The number of anilines is 6. The van der Waals surface area contributed by atoms with E-state index in [1.54, 1.807) is 0 Å². The predicted octanol–water partition coefficient (Wildman–Crippen LogP) is 13.8. The van der Waals surface area contributed by atoms with E-state index in [-0.39, 0.29) is 10.8 Å². The summed E-state index contributed by atoms with van der Waals surface area (Å²) in [4.78, 5) is 4.73. The molecule has 0 radical (unpaired) electrons. The van der Waals surface area contributed by atoms with Gasteiger partial charge in [-0.25, -0.2) is 0 Å². The van der Waals surface area contributed by atoms with Gasteiger partial charge >= 0.3 is 0 Å². The van der Waals surface area contributed by atoms with Crippen molar-refractivity contribution in [3.8, 4) is 11.1 Å². The second kappa shape index (κ2) is 12.7. The van der Waals surface area contributed by atoms with Gasteiger partial charge in [0, 0.05) is 34.1 Å². The average Bonchev–Trinajstić information content (AvgIpc) is 3.15. The summed E-state index contributed by atoms with van der Waals surface area (Å²) in [5.41, 5.74) is 12.6. The lowest BCUT2D eigenvalue weighted by Gasteiger charge is -2.42. The van der Waals surface area contributed by atoms with Gasteiger partial charge < -0.3 is 9.80 Å². The second-order valence-electron chi connectivity index (χ2n) is 15.0. The van der Waals surface area contributed by atoms with Gasteiger partial charge in [-0.2, -0.15) is 0 Å². The topological polar surface area (TPSA) is 6.48 Å². The number of fused-ring (bicyclic) bond motifs is 2. The lowest BCUT2D eigenvalue weighted by atomic mass is 9.63. The van der Waals surface area contributed by atoms with E-state index in [0.717, 1.165) is 28.4 Å². The fourth-order valence-corrected chi connectivity index (χ4v) is 7.69. The van der Waals surface area contributed by atoms with Gasteiger partial charge in [-0.1, -0.05) is 125 Å². The highest BCUT2D eigenvalue weighted by atomic mass is 15.1. The Kier molecular flexibility index (Phi) is 8.04. The van der Waals surface area contributed by atoms with E-state index in [1.165, 1.54) is 51.6 Å². The third-order valence-corrected chi connectivity index (χ3v) is 10.7. The molecule has 0 amide bonds. The van der Waals surface area contributed by atoms with Gasteiger partial charge in [0.05, 0.1) is 0 Å². The first-order chi connectivity index (χ1) is 24.3. The first-order valence-electron chi connectivity index (χ1n) is 17.8. The van der Waals surface area contributed by atoms with Crippen molar-refractivity contribution in [2.24, 2.45) is 0 Å². The van der Waals surface area contributed by atoms with Crippen LogP contribution in [0.4, 0.5) is 34.1 Å². The molecule has 7 aromatic carbocycles. The summed E-state index contributed by atoms with van der Waals surface area (Å²) in [6, 6.07) is 61.7. The molecule has 0 spiro atoms. The largest absolute Gasteiger partial charge is 0.310 e. The Hall–Kier alpha value is -5.60. The highest BCUT2D eigenvalue weighted by Gasteiger charge is 2.37. The Balaban J connectivity index is 1.13. The number of benzene rings is 7. The number of rotatable bonds is 7. The average molecular weight is 649 g/mol. The van der Waals surface area contributed by atoms with Crippen molar-refractivity contribution >= 4 is 44.9 Å². The Morgan fingerprint density at radius 3 is 1.28 bits per heavy atom. The highest BCUT2D eigenvalue weighted by Crippen LogP contribution is 2.48. The quantitative estimate of drug-likeness (QED) is 0.170. The second-order valence-corrected chi connectivity index (χ2v) is 15.0. The molecular weight excluding hydrogens is 605 g/mol. The summed E-state index contributed by atoms with van der Waals surface area (Å²) in [6.07, 6.45) is 2.41. The molecule has 0 bridgehead atoms. The van der Waals surface area contributed by atoms with Crippen molar-refractivity contribution < 1.29 is 0 Å². The molecule has 2 heteroatoms. The fourth-order valence-electron chi connectivity index (χ4n) is 7.69. The van der Waals surface area contributed by atoms with Crippen LogP contribution < -0.4 is 9.80 Å². The number of nitrogens with zero attached hydrogens (tertiary/aromatic N) is 2. The van der Waals surface area contributed by atoms with Crippen LogP contribution in [0.2, 0.25) is 0 Å². The molecule has 246 valence electrons. The van der Waals surface area contributed by atoms with E-state index in [9.17, 15) is 0 Å². The van der Waals surface area contributed by atoms with Crippen LogP contribution in [-0.4, -0.2) is 0 Å². The Morgan fingerprint density at radius 2 is 0.740 bits per heavy atom. The van der Waals surface area contributed by atoms with Gasteiger partial charge in [-0.15, -0.1) is 0 Å². The number of hydrogen-bond acceptors (Lipinski definition) is 2. The van der Waals surface area contributed by atoms with Crippen LogP contribution in [0, 0.1) is 0 Å². The monoisotopic (exact) mass is 648 g/mol. The van der Waals surface area contributed by atoms with Crippen molar-refractivity contribution in [3.63, 3.8) is 0 Å². The van der Waals surface area contributed by atoms with Crippen molar-refractivity contribution in [2.45, 2.75) is 51.4 Å². The first-order valence-corrected chi connectivity index (χ1v) is 17.8. The van der Waals surface area contributed by atoms with Gasteiger partial charge in [-0.3, -0.25) is 0 Å². The van der Waals surface area contributed by atoms with Crippen LogP contribution in [-0.2, 0) is 10.8 Å². The third kappa shape index (κ3) is 5.96. The molecule has 50 heavy (non-hydrogen) atoms. The zero-order valence-electron chi connectivity index (χ0n) is 29.5. The summed E-state index contributed by atoms with van der Waals surface area (Å²) in [5, 5.41) is 2.48. The summed E-state index contributed by atoms with van der Waals surface area (Å²) < 4.78 is 0. The molecule has 0 atom stereocenters. The summed E-state index contributed by atoms with van der Waals surface area (Å²) in [6.45, 7) is 9.59. The Labute approximate surface area is 297 Å². The van der Waals surface area contributed by atoms with Crippen molar-refractivity contribution in [1.29, 1.82) is 0 Å². The van der Waals surface area contributed by atoms with E-state index in [4.69, 9.17) is 0 Å². The molecule has 0 N–H and O–H groups in total. The molecule has 0 fully saturated rings. The Bertz CT molecular complexity index is 2250. The zero-order chi connectivity index (χ0) is 34.3. The first kappa shape index (κ1) is 31.7. The SMILES string of the molecule is CC1(C)CCC(C)(C)c2cc(N(c3ccccc3)c3ccc(-c4ccc(N(c5ccccc5)c5ccc6ccccc6c5)cc4)cc3)ccc21. The minimum Gasteiger partial charge on any atom is -0.310 e. The molecule has 1 aliphatic carbocycles. The molecule has 1 aliphatic rings. The number of hydrogen-bond donors (Lipinski definition) is 0. The molecule has 7 aromatic rings. The zero-order valence-corrected chi connectivity index (χ0v) is 29.5. The minimum absolute atomic E-state index is 0.142. The van der Waals surface area contributed by atoms with Crippen LogP contribution in [0.15, 0.2) is 170 Å². The van der Waals surface area contributed by atoms with Gasteiger partial charge in [0.1, 0.15) is 0 Å². The van der Waals surface area contributed by atoms with Crippen LogP contribution in [0.25, 0.3) is 21.9 Å². The van der Waals surface area contributed by atoms with Crippen molar-refractivity contribution in [3.05, 3.63) is 181 Å². The molecule has 0 aliphatic heterocycles. The van der Waals surface area contributed by atoms with E-state index in [0.29, 0.717) is 0 Å². The van der Waals surface area contributed by atoms with E-state index >= 15 is 0 Å². The van der Waals surface area contributed by atoms with E-state index in [1.807, 2.05) is 0 Å². The smallest absolute Gasteiger partial charge is 0.0468 e. The van der Waals surface area contributed by atoms with Crippen LogP contribution >= 0.6 is 0 Å². The fraction of sp³-hybridized carbons (Fsp3) is 0.167. The van der Waals surface area contributed by atoms with Crippen LogP contribution in [0.3, 0.4) is 0 Å². The molecule has 0 saturated carbocycles. The van der Waals surface area contributed by atoms with E-state index in [2.05, 4.69) is 207 Å². The lowest BCUT2D eigenvalue weighted by Crippen LogP contribution is -2.34.